The van der Waals surface area contributed by atoms with Crippen molar-refractivity contribution in [2.24, 2.45) is 9.81 Å². The molecule has 1 fully saturated rings. The number of aromatic nitrogens is 2. The Labute approximate surface area is 182 Å². The molecule has 0 bridgehead atoms. The van der Waals surface area contributed by atoms with Gasteiger partial charge in [0.25, 0.3) is 10.0 Å². The van der Waals surface area contributed by atoms with Gasteiger partial charge in [-0.3, -0.25) is 0 Å². The smallest absolute Gasteiger partial charge is 0.283 e. The van der Waals surface area contributed by atoms with E-state index >= 15 is 0 Å². The van der Waals surface area contributed by atoms with Crippen molar-refractivity contribution in [3.05, 3.63) is 77.9 Å². The molecular weight excluding hydrogens is 415 g/mol. The van der Waals surface area contributed by atoms with Gasteiger partial charge in [-0.2, -0.15) is 13.5 Å². The summed E-state index contributed by atoms with van der Waals surface area (Å²) in [5.41, 5.74) is 2.82. The first kappa shape index (κ1) is 21.2. The highest BCUT2D eigenvalue weighted by Gasteiger charge is 2.59. The van der Waals surface area contributed by atoms with Crippen molar-refractivity contribution in [2.45, 2.75) is 30.6 Å². The van der Waals surface area contributed by atoms with Gasteiger partial charge in [-0.05, 0) is 52.8 Å². The Kier molecular flexibility index (Phi) is 5.21. The first-order valence-electron chi connectivity index (χ1n) is 9.97. The lowest BCUT2D eigenvalue weighted by Gasteiger charge is -2.06. The minimum Gasteiger partial charge on any atom is -0.368 e. The van der Waals surface area contributed by atoms with Crippen molar-refractivity contribution in [2.75, 3.05) is 14.1 Å². The average Bonchev–Trinajstić information content (AvgIpc) is 3.05. The van der Waals surface area contributed by atoms with E-state index < -0.39 is 10.0 Å². The molecule has 1 aromatic heterocycles. The average molecular weight is 441 g/mol. The van der Waals surface area contributed by atoms with Crippen LogP contribution in [-0.2, 0) is 10.0 Å². The zero-order chi connectivity index (χ0) is 22.4. The Morgan fingerprint density at radius 1 is 1.10 bits per heavy atom. The van der Waals surface area contributed by atoms with E-state index in [9.17, 15) is 12.8 Å². The van der Waals surface area contributed by atoms with Gasteiger partial charge < -0.3 is 4.90 Å². The second-order valence-electron chi connectivity index (χ2n) is 8.70. The molecule has 1 aliphatic carbocycles. The van der Waals surface area contributed by atoms with Crippen molar-refractivity contribution in [3.63, 3.8) is 0 Å². The van der Waals surface area contributed by atoms with Gasteiger partial charge in [0.2, 0.25) is 0 Å². The number of rotatable bonds is 6. The van der Waals surface area contributed by atoms with E-state index in [0.717, 1.165) is 11.1 Å². The molecule has 2 aromatic carbocycles. The lowest BCUT2D eigenvalue weighted by Crippen LogP contribution is -2.10. The Hall–Kier alpha value is -3.00. The quantitative estimate of drug-likeness (QED) is 0.426. The van der Waals surface area contributed by atoms with Gasteiger partial charge in [-0.25, -0.2) is 9.07 Å². The Bertz CT molecular complexity index is 1230. The second-order valence-corrected chi connectivity index (χ2v) is 10.3. The molecule has 4 rings (SSSR count). The summed E-state index contributed by atoms with van der Waals surface area (Å²) in [7, 11) is -0.287. The fourth-order valence-corrected chi connectivity index (χ4v) is 5.12. The van der Waals surface area contributed by atoms with Gasteiger partial charge in [0.1, 0.15) is 12.2 Å². The van der Waals surface area contributed by atoms with Crippen molar-refractivity contribution < 1.29 is 12.8 Å². The van der Waals surface area contributed by atoms with Crippen LogP contribution in [0.2, 0.25) is 0 Å². The molecule has 3 aromatic rings. The van der Waals surface area contributed by atoms with Crippen LogP contribution in [0.25, 0.3) is 5.69 Å². The molecule has 0 saturated heterocycles. The number of hydrogen-bond donors (Lipinski definition) is 0. The highest BCUT2D eigenvalue weighted by Crippen LogP contribution is 2.69. The summed E-state index contributed by atoms with van der Waals surface area (Å²) in [4.78, 5) is 1.75. The molecule has 0 unspecified atom stereocenters. The third kappa shape index (κ3) is 4.12. The highest BCUT2D eigenvalue weighted by molar-refractivity contribution is 7.90. The minimum atomic E-state index is -3.72. The Balaban J connectivity index is 1.56. The highest BCUT2D eigenvalue weighted by atomic mass is 32.2. The van der Waals surface area contributed by atoms with E-state index in [4.69, 9.17) is 0 Å². The molecule has 1 aliphatic rings. The van der Waals surface area contributed by atoms with Crippen LogP contribution in [0, 0.1) is 11.2 Å². The van der Waals surface area contributed by atoms with E-state index in [0.29, 0.717) is 5.69 Å². The van der Waals surface area contributed by atoms with Crippen LogP contribution in [0.15, 0.2) is 70.2 Å². The summed E-state index contributed by atoms with van der Waals surface area (Å²) in [5.74, 6) is 0.174. The molecule has 0 aliphatic heterocycles. The Morgan fingerprint density at radius 3 is 2.42 bits per heavy atom. The normalized spacial score (nSPS) is 20.2. The number of nitrogens with zero attached hydrogens (tertiary/aromatic N) is 4. The molecule has 31 heavy (non-hydrogen) atoms. The van der Waals surface area contributed by atoms with Gasteiger partial charge in [0, 0.05) is 26.2 Å². The van der Waals surface area contributed by atoms with Crippen molar-refractivity contribution in [1.82, 2.24) is 14.7 Å². The van der Waals surface area contributed by atoms with Crippen molar-refractivity contribution in [1.29, 1.82) is 0 Å². The number of hydrogen-bond acceptors (Lipinski definition) is 3. The molecule has 0 radical (unpaired) electrons. The van der Waals surface area contributed by atoms with Crippen LogP contribution in [0.5, 0.6) is 0 Å². The predicted molar refractivity (Wildman–Crippen MR) is 119 cm³/mol. The van der Waals surface area contributed by atoms with E-state index in [2.05, 4.69) is 23.3 Å². The summed E-state index contributed by atoms with van der Waals surface area (Å²) in [6.07, 6.45) is 5.04. The van der Waals surface area contributed by atoms with E-state index in [1.54, 1.807) is 41.9 Å². The van der Waals surface area contributed by atoms with Gasteiger partial charge >= 0.3 is 0 Å². The first-order chi connectivity index (χ1) is 14.6. The molecule has 0 amide bonds. The number of halogens is 1. The van der Waals surface area contributed by atoms with Crippen molar-refractivity contribution >= 4 is 16.4 Å². The van der Waals surface area contributed by atoms with Crippen LogP contribution in [0.4, 0.5) is 4.39 Å². The van der Waals surface area contributed by atoms with Gasteiger partial charge in [0.15, 0.2) is 0 Å². The third-order valence-electron chi connectivity index (χ3n) is 5.82. The van der Waals surface area contributed by atoms with Crippen LogP contribution < -0.4 is 0 Å². The molecular formula is C23H25FN4O2S. The molecule has 162 valence electrons. The van der Waals surface area contributed by atoms with Crippen LogP contribution >= 0.6 is 0 Å². The summed E-state index contributed by atoms with van der Waals surface area (Å²) >= 11 is 0. The maximum absolute atomic E-state index is 13.5. The monoisotopic (exact) mass is 440 g/mol. The van der Waals surface area contributed by atoms with E-state index in [1.165, 1.54) is 18.5 Å². The molecule has 0 spiro atoms. The largest absolute Gasteiger partial charge is 0.368 e. The fourth-order valence-electron chi connectivity index (χ4n) is 4.20. The minimum absolute atomic E-state index is 0.000726. The number of sulfonamides is 1. The third-order valence-corrected chi connectivity index (χ3v) is 7.06. The predicted octanol–water partition coefficient (Wildman–Crippen LogP) is 4.20. The standard InChI is InChI=1S/C23H25FN4O2S/c1-23(2)21(16-8-10-20(11-9-16)31(29,30)26-15-27(3)4)22(23)17-13-25-28(14-17)19-7-5-6-18(24)12-19/h5-15,21-22H,1-4H3/b26-15+/t21-,22-/m1/s1. The summed E-state index contributed by atoms with van der Waals surface area (Å²) in [5, 5.41) is 4.41. The molecule has 1 saturated carbocycles. The zero-order valence-electron chi connectivity index (χ0n) is 17.9. The van der Waals surface area contributed by atoms with Crippen LogP contribution in [0.1, 0.15) is 36.8 Å². The SMILES string of the molecule is CN(C)/C=N/S(=O)(=O)c1ccc([C@@H]2[C@@H](c3cnn(-c4cccc(F)c4)c3)C2(C)C)cc1. The van der Waals surface area contributed by atoms with Gasteiger partial charge in [-0.15, -0.1) is 4.40 Å². The lowest BCUT2D eigenvalue weighted by atomic mass is 10.0. The maximum Gasteiger partial charge on any atom is 0.283 e. The van der Waals surface area contributed by atoms with Crippen molar-refractivity contribution in [3.8, 4) is 5.69 Å². The Morgan fingerprint density at radius 2 is 1.77 bits per heavy atom. The maximum atomic E-state index is 13.5. The summed E-state index contributed by atoms with van der Waals surface area (Å²) in [6, 6.07) is 13.3. The molecule has 2 atom stereocenters. The summed E-state index contributed by atoms with van der Waals surface area (Å²) in [6.45, 7) is 4.38. The molecule has 8 heteroatoms. The molecule has 0 N–H and O–H groups in total. The second kappa shape index (κ2) is 7.60. The van der Waals surface area contributed by atoms with Gasteiger partial charge in [-0.1, -0.05) is 32.0 Å². The zero-order valence-corrected chi connectivity index (χ0v) is 18.7. The summed E-state index contributed by atoms with van der Waals surface area (Å²) < 4.78 is 43.6. The van der Waals surface area contributed by atoms with E-state index in [1.807, 2.05) is 30.6 Å². The number of benzene rings is 2. The lowest BCUT2D eigenvalue weighted by molar-refractivity contribution is 0.594. The van der Waals surface area contributed by atoms with Crippen LogP contribution in [-0.4, -0.2) is 43.5 Å². The van der Waals surface area contributed by atoms with Gasteiger partial charge in [0.05, 0.1) is 16.8 Å². The molecule has 6 nitrogen and oxygen atoms in total. The molecule has 1 heterocycles. The van der Waals surface area contributed by atoms with Crippen LogP contribution in [0.3, 0.4) is 0 Å². The first-order valence-corrected chi connectivity index (χ1v) is 11.4. The fraction of sp³-hybridized carbons (Fsp3) is 0.304. The topological polar surface area (TPSA) is 67.6 Å². The van der Waals surface area contributed by atoms with E-state index in [-0.39, 0.29) is 28.0 Å².